The van der Waals surface area contributed by atoms with Gasteiger partial charge in [-0.25, -0.2) is 4.98 Å². The van der Waals surface area contributed by atoms with Gasteiger partial charge in [-0.1, -0.05) is 41.7 Å². The van der Waals surface area contributed by atoms with Crippen LogP contribution in [0.15, 0.2) is 42.5 Å². The molecule has 2 aromatic carbocycles. The standard InChI is InChI=1S/C17H18N2S/c1-11-8-9-16-15(10-11)19-17(20-16)18-13(3)14-7-5-4-6-12(14)2/h4-10,13H,1-3H3,(H,18,19). The Morgan fingerprint density at radius 3 is 2.70 bits per heavy atom. The van der Waals surface area contributed by atoms with E-state index in [1.807, 2.05) is 0 Å². The zero-order valence-electron chi connectivity index (χ0n) is 12.0. The first-order chi connectivity index (χ1) is 9.63. The molecule has 0 fully saturated rings. The molecule has 0 spiro atoms. The zero-order chi connectivity index (χ0) is 14.1. The molecule has 0 aliphatic carbocycles. The maximum absolute atomic E-state index is 4.68. The van der Waals surface area contributed by atoms with E-state index in [1.165, 1.54) is 21.4 Å². The van der Waals surface area contributed by atoms with Gasteiger partial charge in [0.05, 0.1) is 16.3 Å². The summed E-state index contributed by atoms with van der Waals surface area (Å²) in [5.41, 5.74) is 4.96. The van der Waals surface area contributed by atoms with E-state index >= 15 is 0 Å². The Morgan fingerprint density at radius 2 is 1.90 bits per heavy atom. The summed E-state index contributed by atoms with van der Waals surface area (Å²) in [4.78, 5) is 4.68. The molecule has 0 saturated carbocycles. The van der Waals surface area contributed by atoms with Gasteiger partial charge in [-0.3, -0.25) is 0 Å². The monoisotopic (exact) mass is 282 g/mol. The molecule has 0 radical (unpaired) electrons. The number of hydrogen-bond donors (Lipinski definition) is 1. The van der Waals surface area contributed by atoms with Crippen LogP contribution in [0.3, 0.4) is 0 Å². The second-order valence-electron chi connectivity index (χ2n) is 5.21. The third-order valence-electron chi connectivity index (χ3n) is 3.54. The van der Waals surface area contributed by atoms with Crippen LogP contribution in [0.1, 0.15) is 29.7 Å². The third kappa shape index (κ3) is 2.54. The number of aryl methyl sites for hydroxylation is 2. The molecule has 0 aliphatic heterocycles. The number of aromatic nitrogens is 1. The molecule has 0 amide bonds. The molecular weight excluding hydrogens is 264 g/mol. The first-order valence-corrected chi connectivity index (χ1v) is 7.64. The van der Waals surface area contributed by atoms with Gasteiger partial charge in [0, 0.05) is 0 Å². The van der Waals surface area contributed by atoms with E-state index in [0.29, 0.717) is 0 Å². The Hall–Kier alpha value is -1.87. The van der Waals surface area contributed by atoms with E-state index in [4.69, 9.17) is 0 Å². The molecule has 3 aromatic rings. The van der Waals surface area contributed by atoms with Crippen LogP contribution in [0.4, 0.5) is 5.13 Å². The molecule has 20 heavy (non-hydrogen) atoms. The number of hydrogen-bond acceptors (Lipinski definition) is 3. The van der Waals surface area contributed by atoms with Crippen molar-refractivity contribution in [3.05, 3.63) is 59.2 Å². The minimum absolute atomic E-state index is 0.262. The van der Waals surface area contributed by atoms with Crippen LogP contribution >= 0.6 is 11.3 Å². The summed E-state index contributed by atoms with van der Waals surface area (Å²) >= 11 is 1.71. The molecule has 0 saturated heterocycles. The summed E-state index contributed by atoms with van der Waals surface area (Å²) in [6.45, 7) is 6.43. The van der Waals surface area contributed by atoms with Crippen LogP contribution in [-0.2, 0) is 0 Å². The Morgan fingerprint density at radius 1 is 1.10 bits per heavy atom. The molecule has 2 nitrogen and oxygen atoms in total. The molecule has 1 unspecified atom stereocenters. The minimum atomic E-state index is 0.262. The van der Waals surface area contributed by atoms with Gasteiger partial charge in [0.2, 0.25) is 0 Å². The Balaban J connectivity index is 1.87. The lowest BCUT2D eigenvalue weighted by Crippen LogP contribution is -2.07. The van der Waals surface area contributed by atoms with E-state index in [1.54, 1.807) is 11.3 Å². The lowest BCUT2D eigenvalue weighted by molar-refractivity contribution is 0.872. The number of benzene rings is 2. The average Bonchev–Trinajstić information content (AvgIpc) is 2.80. The van der Waals surface area contributed by atoms with Gasteiger partial charge >= 0.3 is 0 Å². The van der Waals surface area contributed by atoms with Crippen LogP contribution in [0.25, 0.3) is 10.2 Å². The van der Waals surface area contributed by atoms with Crippen molar-refractivity contribution in [3.8, 4) is 0 Å². The Bertz CT molecular complexity index is 746. The second-order valence-corrected chi connectivity index (χ2v) is 6.24. The number of nitrogens with zero attached hydrogens (tertiary/aromatic N) is 1. The molecule has 3 rings (SSSR count). The summed E-state index contributed by atoms with van der Waals surface area (Å²) < 4.78 is 1.23. The van der Waals surface area contributed by atoms with Gasteiger partial charge in [-0.15, -0.1) is 0 Å². The number of rotatable bonds is 3. The summed E-state index contributed by atoms with van der Waals surface area (Å²) in [6.07, 6.45) is 0. The predicted molar refractivity (Wildman–Crippen MR) is 87.6 cm³/mol. The normalized spacial score (nSPS) is 12.6. The summed E-state index contributed by atoms with van der Waals surface area (Å²) in [7, 11) is 0. The molecule has 0 aliphatic rings. The van der Waals surface area contributed by atoms with Crippen molar-refractivity contribution in [3.63, 3.8) is 0 Å². The molecule has 3 heteroatoms. The van der Waals surface area contributed by atoms with Crippen molar-refractivity contribution in [2.75, 3.05) is 5.32 Å². The van der Waals surface area contributed by atoms with E-state index in [2.05, 4.69) is 73.5 Å². The summed E-state index contributed by atoms with van der Waals surface area (Å²) in [5, 5.41) is 4.50. The summed E-state index contributed by atoms with van der Waals surface area (Å²) in [5.74, 6) is 0. The number of anilines is 1. The van der Waals surface area contributed by atoms with Crippen LogP contribution in [0.2, 0.25) is 0 Å². The van der Waals surface area contributed by atoms with Crippen LogP contribution in [0.5, 0.6) is 0 Å². The van der Waals surface area contributed by atoms with Crippen LogP contribution in [0, 0.1) is 13.8 Å². The Kier molecular flexibility index (Phi) is 3.45. The number of nitrogens with one attached hydrogen (secondary N) is 1. The molecular formula is C17H18N2S. The molecule has 0 bridgehead atoms. The topological polar surface area (TPSA) is 24.9 Å². The van der Waals surface area contributed by atoms with E-state index in [-0.39, 0.29) is 6.04 Å². The van der Waals surface area contributed by atoms with Crippen LogP contribution < -0.4 is 5.32 Å². The van der Waals surface area contributed by atoms with E-state index in [0.717, 1.165) is 10.6 Å². The molecule has 1 N–H and O–H groups in total. The zero-order valence-corrected chi connectivity index (χ0v) is 12.8. The maximum atomic E-state index is 4.68. The van der Waals surface area contributed by atoms with Gasteiger partial charge < -0.3 is 5.32 Å². The third-order valence-corrected chi connectivity index (χ3v) is 4.51. The molecule has 102 valence electrons. The summed E-state index contributed by atoms with van der Waals surface area (Å²) in [6, 6.07) is 15.2. The van der Waals surface area contributed by atoms with Crippen molar-refractivity contribution < 1.29 is 0 Å². The number of thiazole rings is 1. The quantitative estimate of drug-likeness (QED) is 0.724. The van der Waals surface area contributed by atoms with Gasteiger partial charge in [-0.2, -0.15) is 0 Å². The first-order valence-electron chi connectivity index (χ1n) is 6.83. The Labute approximate surface area is 123 Å². The van der Waals surface area contributed by atoms with Gasteiger partial charge in [0.15, 0.2) is 5.13 Å². The van der Waals surface area contributed by atoms with Crippen molar-refractivity contribution in [2.24, 2.45) is 0 Å². The smallest absolute Gasteiger partial charge is 0.184 e. The van der Waals surface area contributed by atoms with Crippen molar-refractivity contribution in [1.29, 1.82) is 0 Å². The van der Waals surface area contributed by atoms with Gasteiger partial charge in [-0.05, 0) is 49.6 Å². The fraction of sp³-hybridized carbons (Fsp3) is 0.235. The van der Waals surface area contributed by atoms with E-state index in [9.17, 15) is 0 Å². The van der Waals surface area contributed by atoms with Gasteiger partial charge in [0.1, 0.15) is 0 Å². The average molecular weight is 282 g/mol. The highest BCUT2D eigenvalue weighted by molar-refractivity contribution is 7.22. The van der Waals surface area contributed by atoms with Crippen LogP contribution in [-0.4, -0.2) is 4.98 Å². The highest BCUT2D eigenvalue weighted by atomic mass is 32.1. The van der Waals surface area contributed by atoms with E-state index < -0.39 is 0 Å². The molecule has 1 aromatic heterocycles. The van der Waals surface area contributed by atoms with Crippen molar-refractivity contribution >= 4 is 26.7 Å². The van der Waals surface area contributed by atoms with Crippen molar-refractivity contribution in [1.82, 2.24) is 4.98 Å². The molecule has 1 heterocycles. The maximum Gasteiger partial charge on any atom is 0.184 e. The number of fused-ring (bicyclic) bond motifs is 1. The first kappa shape index (κ1) is 13.1. The molecule has 1 atom stereocenters. The highest BCUT2D eigenvalue weighted by Crippen LogP contribution is 2.29. The lowest BCUT2D eigenvalue weighted by Gasteiger charge is -2.15. The SMILES string of the molecule is Cc1ccc2sc(NC(C)c3ccccc3C)nc2c1. The fourth-order valence-electron chi connectivity index (χ4n) is 2.43. The lowest BCUT2D eigenvalue weighted by atomic mass is 10.0. The predicted octanol–water partition coefficient (Wildman–Crippen LogP) is 5.09. The largest absolute Gasteiger partial charge is 0.355 e. The highest BCUT2D eigenvalue weighted by Gasteiger charge is 2.10. The second kappa shape index (κ2) is 5.25. The minimum Gasteiger partial charge on any atom is -0.355 e. The van der Waals surface area contributed by atoms with Crippen molar-refractivity contribution in [2.45, 2.75) is 26.8 Å². The fourth-order valence-corrected chi connectivity index (χ4v) is 3.37. The van der Waals surface area contributed by atoms with Gasteiger partial charge in [0.25, 0.3) is 0 Å².